The van der Waals surface area contributed by atoms with E-state index >= 15 is 0 Å². The highest BCUT2D eigenvalue weighted by atomic mass is 14.3. The molecule has 0 fully saturated rings. The van der Waals surface area contributed by atoms with Gasteiger partial charge in [-0.1, -0.05) is 112 Å². The van der Waals surface area contributed by atoms with Gasteiger partial charge in [-0.05, 0) is 59.4 Å². The Morgan fingerprint density at radius 2 is 1.62 bits per heavy atom. The van der Waals surface area contributed by atoms with E-state index < -0.39 is 0 Å². The zero-order valence-electron chi connectivity index (χ0n) is 18.5. The number of aryl methyl sites for hydroxylation is 1. The van der Waals surface area contributed by atoms with Crippen LogP contribution < -0.4 is 0 Å². The molecule has 0 N–H and O–H groups in total. The van der Waals surface area contributed by atoms with Crippen LogP contribution in [-0.4, -0.2) is 0 Å². The molecule has 0 amide bonds. The summed E-state index contributed by atoms with van der Waals surface area (Å²) in [5.41, 5.74) is 9.18. The first-order valence-corrected chi connectivity index (χ1v) is 10.7. The third-order valence-corrected chi connectivity index (χ3v) is 6.19. The van der Waals surface area contributed by atoms with Crippen LogP contribution >= 0.6 is 0 Å². The molecule has 0 aromatic heterocycles. The van der Waals surface area contributed by atoms with Gasteiger partial charge in [0.25, 0.3) is 0 Å². The van der Waals surface area contributed by atoms with Gasteiger partial charge < -0.3 is 0 Å². The minimum Gasteiger partial charge on any atom is -0.0990 e. The van der Waals surface area contributed by atoms with Crippen LogP contribution in [0.25, 0.3) is 11.1 Å². The summed E-state index contributed by atoms with van der Waals surface area (Å²) in [6, 6.07) is 19.4. The molecule has 1 atom stereocenters. The molecule has 0 saturated carbocycles. The third kappa shape index (κ3) is 5.07. The van der Waals surface area contributed by atoms with E-state index in [2.05, 4.69) is 108 Å². The van der Waals surface area contributed by atoms with Crippen molar-refractivity contribution in [1.29, 1.82) is 0 Å². The molecule has 2 aromatic carbocycles. The van der Waals surface area contributed by atoms with Crippen LogP contribution in [0.4, 0.5) is 0 Å². The molecule has 0 nitrogen and oxygen atoms in total. The summed E-state index contributed by atoms with van der Waals surface area (Å²) in [7, 11) is 0. The molecular weight excluding hydrogens is 348 g/mol. The highest BCUT2D eigenvalue weighted by Crippen LogP contribution is 2.42. The predicted molar refractivity (Wildman–Crippen MR) is 129 cm³/mol. The van der Waals surface area contributed by atoms with Crippen molar-refractivity contribution < 1.29 is 0 Å². The summed E-state index contributed by atoms with van der Waals surface area (Å²) in [5, 5.41) is 0. The van der Waals surface area contributed by atoms with Gasteiger partial charge in [0.15, 0.2) is 0 Å². The molecule has 0 radical (unpaired) electrons. The number of rotatable bonds is 8. The van der Waals surface area contributed by atoms with Gasteiger partial charge in [-0.3, -0.25) is 0 Å². The Balaban J connectivity index is 1.71. The number of hydrogen-bond donors (Lipinski definition) is 0. The molecule has 1 aliphatic rings. The van der Waals surface area contributed by atoms with Gasteiger partial charge in [-0.25, -0.2) is 0 Å². The maximum Gasteiger partial charge on any atom is 0.00273 e. The van der Waals surface area contributed by atoms with E-state index in [0.29, 0.717) is 5.92 Å². The molecule has 3 rings (SSSR count). The minimum atomic E-state index is 0.00985. The normalized spacial score (nSPS) is 16.3. The molecule has 0 heterocycles. The van der Waals surface area contributed by atoms with E-state index in [9.17, 15) is 0 Å². The van der Waals surface area contributed by atoms with Crippen molar-refractivity contribution >= 4 is 11.1 Å². The summed E-state index contributed by atoms with van der Waals surface area (Å²) in [4.78, 5) is 0. The van der Waals surface area contributed by atoms with Crippen LogP contribution in [0.3, 0.4) is 0 Å². The van der Waals surface area contributed by atoms with Gasteiger partial charge in [0.1, 0.15) is 0 Å². The molecule has 150 valence electrons. The molecule has 0 heteroatoms. The highest BCUT2D eigenvalue weighted by Gasteiger charge is 2.26. The van der Waals surface area contributed by atoms with Crippen molar-refractivity contribution in [1.82, 2.24) is 0 Å². The van der Waals surface area contributed by atoms with E-state index in [1.165, 1.54) is 39.0 Å². The van der Waals surface area contributed by atoms with E-state index in [1.807, 2.05) is 0 Å². The van der Waals surface area contributed by atoms with Crippen LogP contribution in [0.2, 0.25) is 0 Å². The van der Waals surface area contributed by atoms with E-state index in [1.54, 1.807) is 0 Å². The van der Waals surface area contributed by atoms with Gasteiger partial charge in [0.2, 0.25) is 0 Å². The molecule has 2 aromatic rings. The monoisotopic (exact) mass is 382 g/mol. The first-order chi connectivity index (χ1) is 13.8. The molecular formula is C29H34. The van der Waals surface area contributed by atoms with Crippen LogP contribution in [0, 0.1) is 18.3 Å². The minimum absolute atomic E-state index is 0.00985. The Bertz CT molecular complexity index is 933. The fourth-order valence-corrected chi connectivity index (χ4v) is 4.11. The average molecular weight is 383 g/mol. The second-order valence-electron chi connectivity index (χ2n) is 9.03. The maximum absolute atomic E-state index is 4.49. The SMILES string of the molecule is C=C(CC(C)(C)C(=C)CC1=CC(CC)C(c2ccc(C)cc2)=C1)c1ccccc1. The Kier molecular flexibility index (Phi) is 6.42. The fourth-order valence-electron chi connectivity index (χ4n) is 4.11. The molecule has 29 heavy (non-hydrogen) atoms. The third-order valence-electron chi connectivity index (χ3n) is 6.19. The maximum atomic E-state index is 4.49. The summed E-state index contributed by atoms with van der Waals surface area (Å²) in [6.45, 7) is 17.8. The second-order valence-corrected chi connectivity index (χ2v) is 9.03. The number of allylic oxidation sites excluding steroid dienone is 6. The van der Waals surface area contributed by atoms with Crippen molar-refractivity contribution in [2.24, 2.45) is 11.3 Å². The zero-order valence-corrected chi connectivity index (χ0v) is 18.5. The fraction of sp³-hybridized carbons (Fsp3) is 0.310. The molecule has 0 spiro atoms. The molecule has 0 saturated heterocycles. The number of benzene rings is 2. The summed E-state index contributed by atoms with van der Waals surface area (Å²) in [6.07, 6.45) is 7.83. The lowest BCUT2D eigenvalue weighted by molar-refractivity contribution is 0.452. The molecule has 1 aliphatic carbocycles. The van der Waals surface area contributed by atoms with Crippen molar-refractivity contribution in [2.75, 3.05) is 0 Å². The lowest BCUT2D eigenvalue weighted by atomic mass is 9.76. The lowest BCUT2D eigenvalue weighted by Crippen LogP contribution is -2.15. The van der Waals surface area contributed by atoms with Gasteiger partial charge in [-0.2, -0.15) is 0 Å². The van der Waals surface area contributed by atoms with Gasteiger partial charge in [0.05, 0.1) is 0 Å². The number of hydrogen-bond acceptors (Lipinski definition) is 0. The lowest BCUT2D eigenvalue weighted by Gasteiger charge is -2.29. The first-order valence-electron chi connectivity index (χ1n) is 10.7. The van der Waals surface area contributed by atoms with E-state index in [0.717, 1.165) is 19.3 Å². The van der Waals surface area contributed by atoms with Gasteiger partial charge in [-0.15, -0.1) is 0 Å². The Morgan fingerprint density at radius 1 is 0.966 bits per heavy atom. The van der Waals surface area contributed by atoms with Crippen molar-refractivity contribution in [2.45, 2.75) is 47.0 Å². The van der Waals surface area contributed by atoms with Crippen LogP contribution in [0.1, 0.15) is 56.7 Å². The first kappa shape index (κ1) is 21.1. The largest absolute Gasteiger partial charge is 0.0990 e. The second kappa shape index (κ2) is 8.82. The van der Waals surface area contributed by atoms with Crippen LogP contribution in [0.15, 0.2) is 91.1 Å². The molecule has 0 bridgehead atoms. The topological polar surface area (TPSA) is 0 Å². The van der Waals surface area contributed by atoms with Crippen molar-refractivity contribution in [3.8, 4) is 0 Å². The van der Waals surface area contributed by atoms with Crippen molar-refractivity contribution in [3.05, 3.63) is 108 Å². The quantitative estimate of drug-likeness (QED) is 0.402. The van der Waals surface area contributed by atoms with Crippen molar-refractivity contribution in [3.63, 3.8) is 0 Å². The summed E-state index contributed by atoms with van der Waals surface area (Å²) < 4.78 is 0. The highest BCUT2D eigenvalue weighted by molar-refractivity contribution is 5.75. The summed E-state index contributed by atoms with van der Waals surface area (Å²) in [5.74, 6) is 0.503. The molecule has 1 unspecified atom stereocenters. The Morgan fingerprint density at radius 3 is 2.24 bits per heavy atom. The van der Waals surface area contributed by atoms with Crippen LogP contribution in [-0.2, 0) is 0 Å². The Hall–Kier alpha value is -2.60. The standard InChI is InChI=1S/C29H34/c1-7-25-18-24(19-28(25)27-15-13-21(2)14-16-27)17-23(4)29(5,6)20-22(3)26-11-9-8-10-12-26/h8-16,18-19,25H,3-4,7,17,20H2,1-2,5-6H3. The van der Waals surface area contributed by atoms with Crippen LogP contribution in [0.5, 0.6) is 0 Å². The van der Waals surface area contributed by atoms with Gasteiger partial charge >= 0.3 is 0 Å². The smallest absolute Gasteiger partial charge is 0.00273 e. The Labute approximate surface area is 177 Å². The van der Waals surface area contributed by atoms with E-state index in [-0.39, 0.29) is 5.41 Å². The van der Waals surface area contributed by atoms with E-state index in [4.69, 9.17) is 0 Å². The molecule has 0 aliphatic heterocycles. The van der Waals surface area contributed by atoms with Gasteiger partial charge in [0, 0.05) is 5.92 Å². The summed E-state index contributed by atoms with van der Waals surface area (Å²) >= 11 is 0. The predicted octanol–water partition coefficient (Wildman–Crippen LogP) is 8.42. The average Bonchev–Trinajstić information content (AvgIpc) is 3.11. The zero-order chi connectivity index (χ0) is 21.0.